The van der Waals surface area contributed by atoms with Gasteiger partial charge in [-0.3, -0.25) is 4.79 Å². The second-order valence-corrected chi connectivity index (χ2v) is 15.5. The maximum atomic E-state index is 12.9. The minimum absolute atomic E-state index is 0.193. The molecule has 1 amide bonds. The number of nitrogens with one attached hydrogen (secondary N) is 1. The molecule has 312 valence electrons. The molecular weight excluding hydrogens is 670 g/mol. The molecule has 0 aromatic rings. The fraction of sp³-hybridized carbons (Fsp3) is 0.886. The number of allylic oxidation sites excluding steroid dienone is 3. The molecule has 1 heterocycles. The molecule has 53 heavy (non-hydrogen) atoms. The molecule has 0 aromatic carbocycles. The fourth-order valence-electron chi connectivity index (χ4n) is 6.98. The lowest BCUT2D eigenvalue weighted by atomic mass is 9.99. The number of amides is 1. The Morgan fingerprint density at radius 2 is 1.09 bits per heavy atom. The highest BCUT2D eigenvalue weighted by Gasteiger charge is 2.44. The van der Waals surface area contributed by atoms with Crippen molar-refractivity contribution >= 4 is 5.91 Å². The van der Waals surface area contributed by atoms with Gasteiger partial charge < -0.3 is 40.3 Å². The predicted octanol–water partition coefficient (Wildman–Crippen LogP) is 8.72. The summed E-state index contributed by atoms with van der Waals surface area (Å²) in [6, 6.07) is -0.831. The summed E-state index contributed by atoms with van der Waals surface area (Å²) in [4.78, 5) is 12.9. The number of aliphatic hydroxyl groups is 5. The van der Waals surface area contributed by atoms with Crippen LogP contribution in [0.5, 0.6) is 0 Å². The van der Waals surface area contributed by atoms with Crippen LogP contribution in [0, 0.1) is 0 Å². The number of hydrogen-bond donors (Lipinski definition) is 6. The minimum Gasteiger partial charge on any atom is -0.394 e. The van der Waals surface area contributed by atoms with E-state index in [1.165, 1.54) is 141 Å². The van der Waals surface area contributed by atoms with Crippen molar-refractivity contribution in [1.82, 2.24) is 5.32 Å². The molecule has 0 aliphatic carbocycles. The molecule has 1 fully saturated rings. The number of ether oxygens (including phenoxy) is 2. The average molecular weight is 754 g/mol. The Labute approximate surface area is 324 Å². The van der Waals surface area contributed by atoms with Crippen LogP contribution in [-0.2, 0) is 14.3 Å². The van der Waals surface area contributed by atoms with E-state index in [-0.39, 0.29) is 12.5 Å². The Hall–Kier alpha value is -1.33. The van der Waals surface area contributed by atoms with Gasteiger partial charge in [0.05, 0.1) is 25.4 Å². The highest BCUT2D eigenvalue weighted by atomic mass is 16.7. The highest BCUT2D eigenvalue weighted by Crippen LogP contribution is 2.22. The van der Waals surface area contributed by atoms with E-state index in [4.69, 9.17) is 9.47 Å². The standard InChI is InChI=1S/C44H83NO8/c1-3-5-7-9-11-13-15-16-17-18-19-20-21-22-24-26-28-30-32-34-40(48)45-37(36-52-44-43(51)42(50)41(49)39(35-46)53-44)38(47)33-31-29-27-25-23-14-12-10-8-6-4-2/h27,29,31,33,37-39,41-44,46-47,49-51H,3-26,28,30,32,34-36H2,1-2H3,(H,45,48)/b29-27+,33-31+/t37-,38+,39+,41+,42?,43?,44+/m0/s1. The highest BCUT2D eigenvalue weighted by molar-refractivity contribution is 5.76. The lowest BCUT2D eigenvalue weighted by Gasteiger charge is -2.40. The van der Waals surface area contributed by atoms with Gasteiger partial charge in [0.2, 0.25) is 5.91 Å². The molecule has 9 nitrogen and oxygen atoms in total. The molecule has 1 saturated heterocycles. The van der Waals surface area contributed by atoms with Crippen molar-refractivity contribution in [3.63, 3.8) is 0 Å². The van der Waals surface area contributed by atoms with E-state index in [0.29, 0.717) is 6.42 Å². The van der Waals surface area contributed by atoms with E-state index in [2.05, 4.69) is 25.2 Å². The maximum Gasteiger partial charge on any atom is 0.220 e. The van der Waals surface area contributed by atoms with Crippen molar-refractivity contribution in [2.45, 2.75) is 236 Å². The molecular formula is C44H83NO8. The van der Waals surface area contributed by atoms with E-state index in [1.807, 2.05) is 6.08 Å². The molecule has 0 aromatic heterocycles. The van der Waals surface area contributed by atoms with Gasteiger partial charge in [-0.1, -0.05) is 192 Å². The minimum atomic E-state index is -1.57. The van der Waals surface area contributed by atoms with Crippen LogP contribution in [0.2, 0.25) is 0 Å². The monoisotopic (exact) mass is 754 g/mol. The van der Waals surface area contributed by atoms with Gasteiger partial charge in [-0.2, -0.15) is 0 Å². The zero-order valence-electron chi connectivity index (χ0n) is 34.0. The van der Waals surface area contributed by atoms with Crippen LogP contribution < -0.4 is 5.32 Å². The Bertz CT molecular complexity index is 883. The average Bonchev–Trinajstić information content (AvgIpc) is 3.16. The van der Waals surface area contributed by atoms with Gasteiger partial charge in [0.1, 0.15) is 24.4 Å². The maximum absolute atomic E-state index is 12.9. The van der Waals surface area contributed by atoms with E-state index in [9.17, 15) is 30.3 Å². The molecule has 2 unspecified atom stereocenters. The van der Waals surface area contributed by atoms with Crippen molar-refractivity contribution in [3.05, 3.63) is 24.3 Å². The first-order valence-electron chi connectivity index (χ1n) is 22.1. The number of carbonyl (C=O) groups is 1. The molecule has 0 saturated carbocycles. The van der Waals surface area contributed by atoms with Gasteiger partial charge in [0.25, 0.3) is 0 Å². The van der Waals surface area contributed by atoms with Crippen molar-refractivity contribution in [1.29, 1.82) is 0 Å². The molecule has 7 atom stereocenters. The molecule has 0 radical (unpaired) electrons. The summed E-state index contributed by atoms with van der Waals surface area (Å²) in [7, 11) is 0. The molecule has 1 aliphatic heterocycles. The number of aliphatic hydroxyl groups excluding tert-OH is 5. The summed E-state index contributed by atoms with van der Waals surface area (Å²) in [5, 5.41) is 54.0. The first-order chi connectivity index (χ1) is 25.8. The summed E-state index contributed by atoms with van der Waals surface area (Å²) in [6.45, 7) is 3.72. The third-order valence-electron chi connectivity index (χ3n) is 10.6. The smallest absolute Gasteiger partial charge is 0.220 e. The van der Waals surface area contributed by atoms with Gasteiger partial charge in [-0.05, 0) is 19.3 Å². The van der Waals surface area contributed by atoms with Crippen LogP contribution in [0.25, 0.3) is 0 Å². The van der Waals surface area contributed by atoms with Gasteiger partial charge in [-0.25, -0.2) is 0 Å². The number of unbranched alkanes of at least 4 members (excludes halogenated alkanes) is 25. The van der Waals surface area contributed by atoms with Gasteiger partial charge in [0.15, 0.2) is 6.29 Å². The fourth-order valence-corrected chi connectivity index (χ4v) is 6.98. The van der Waals surface area contributed by atoms with E-state index >= 15 is 0 Å². The van der Waals surface area contributed by atoms with Crippen molar-refractivity contribution < 1.29 is 39.8 Å². The zero-order chi connectivity index (χ0) is 38.8. The summed E-state index contributed by atoms with van der Waals surface area (Å²) in [5.41, 5.74) is 0. The Morgan fingerprint density at radius 1 is 0.642 bits per heavy atom. The van der Waals surface area contributed by atoms with E-state index in [0.717, 1.165) is 32.1 Å². The van der Waals surface area contributed by atoms with Crippen LogP contribution in [0.4, 0.5) is 0 Å². The van der Waals surface area contributed by atoms with Crippen molar-refractivity contribution in [2.75, 3.05) is 13.2 Å². The molecule has 1 rings (SSSR count). The summed E-state index contributed by atoms with van der Waals surface area (Å²) < 4.78 is 11.2. The SMILES string of the molecule is CCCCCCCCC/C=C/C=C/[C@@H](O)[C@H](CO[C@@H]1O[C@H](CO)[C@@H](O)C(O)C1O)NC(=O)CCCCCCCCCCCCCCCCCCCCC. The summed E-state index contributed by atoms with van der Waals surface area (Å²) in [5.74, 6) is -0.193. The first-order valence-corrected chi connectivity index (χ1v) is 22.1. The first kappa shape index (κ1) is 49.7. The second kappa shape index (κ2) is 35.1. The third kappa shape index (κ3) is 26.2. The third-order valence-corrected chi connectivity index (χ3v) is 10.6. The number of carbonyl (C=O) groups excluding carboxylic acids is 1. The van der Waals surface area contributed by atoms with Crippen LogP contribution in [-0.4, -0.2) is 87.5 Å². The van der Waals surface area contributed by atoms with Gasteiger partial charge in [-0.15, -0.1) is 0 Å². The normalized spacial score (nSPS) is 21.8. The van der Waals surface area contributed by atoms with Crippen LogP contribution in [0.15, 0.2) is 24.3 Å². The lowest BCUT2D eigenvalue weighted by Crippen LogP contribution is -2.60. The van der Waals surface area contributed by atoms with Gasteiger partial charge >= 0.3 is 0 Å². The quantitative estimate of drug-likeness (QED) is 0.0275. The molecule has 6 N–H and O–H groups in total. The predicted molar refractivity (Wildman–Crippen MR) is 217 cm³/mol. The van der Waals surface area contributed by atoms with E-state index < -0.39 is 49.5 Å². The molecule has 1 aliphatic rings. The van der Waals surface area contributed by atoms with Crippen LogP contribution >= 0.6 is 0 Å². The van der Waals surface area contributed by atoms with Gasteiger partial charge in [0, 0.05) is 6.42 Å². The van der Waals surface area contributed by atoms with Crippen LogP contribution in [0.3, 0.4) is 0 Å². The Balaban J connectivity index is 2.34. The molecule has 0 spiro atoms. The topological polar surface area (TPSA) is 149 Å². The Morgan fingerprint density at radius 3 is 1.57 bits per heavy atom. The van der Waals surface area contributed by atoms with E-state index in [1.54, 1.807) is 12.2 Å². The zero-order valence-corrected chi connectivity index (χ0v) is 34.0. The number of hydrogen-bond acceptors (Lipinski definition) is 8. The summed E-state index contributed by atoms with van der Waals surface area (Å²) >= 11 is 0. The lowest BCUT2D eigenvalue weighted by molar-refractivity contribution is -0.302. The van der Waals surface area contributed by atoms with Crippen LogP contribution in [0.1, 0.15) is 194 Å². The molecule has 0 bridgehead atoms. The Kier molecular flexibility index (Phi) is 32.9. The largest absolute Gasteiger partial charge is 0.394 e. The van der Waals surface area contributed by atoms with Crippen molar-refractivity contribution in [3.8, 4) is 0 Å². The summed E-state index contributed by atoms with van der Waals surface area (Å²) in [6.07, 6.45) is 33.8. The number of rotatable bonds is 36. The van der Waals surface area contributed by atoms with Crippen molar-refractivity contribution in [2.24, 2.45) is 0 Å². The molecule has 9 heteroatoms. The second-order valence-electron chi connectivity index (χ2n) is 15.5.